The molecule has 84 valence electrons. The molecular formula is C11H24N2O. The molecule has 3 nitrogen and oxygen atoms in total. The Labute approximate surface area is 87.6 Å². The lowest BCUT2D eigenvalue weighted by Crippen LogP contribution is -2.53. The van der Waals surface area contributed by atoms with Crippen LogP contribution in [0.4, 0.5) is 0 Å². The molecule has 0 saturated carbocycles. The van der Waals surface area contributed by atoms with Gasteiger partial charge < -0.3 is 10.5 Å². The van der Waals surface area contributed by atoms with Crippen LogP contribution in [0.3, 0.4) is 0 Å². The van der Waals surface area contributed by atoms with Crippen LogP contribution in [0.5, 0.6) is 0 Å². The molecule has 0 aromatic rings. The van der Waals surface area contributed by atoms with Crippen molar-refractivity contribution in [1.82, 2.24) is 4.90 Å². The lowest BCUT2D eigenvalue weighted by Gasteiger charge is -2.40. The SMILES string of the molecule is COCCC(C)(CN)N1CCCC1C. The number of hydrogen-bond donors (Lipinski definition) is 1. The van der Waals surface area contributed by atoms with Gasteiger partial charge in [0.1, 0.15) is 0 Å². The van der Waals surface area contributed by atoms with Gasteiger partial charge in [0.2, 0.25) is 0 Å². The summed E-state index contributed by atoms with van der Waals surface area (Å²) in [6.45, 7) is 7.28. The van der Waals surface area contributed by atoms with E-state index in [2.05, 4.69) is 18.7 Å². The summed E-state index contributed by atoms with van der Waals surface area (Å²) in [6, 6.07) is 0.681. The predicted octanol–water partition coefficient (Wildman–Crippen LogP) is 1.22. The summed E-state index contributed by atoms with van der Waals surface area (Å²) < 4.78 is 5.15. The standard InChI is InChI=1S/C11H24N2O/c1-10-5-4-7-13(10)11(2,9-12)6-8-14-3/h10H,4-9,12H2,1-3H3. The molecule has 3 heteroatoms. The van der Waals surface area contributed by atoms with Gasteiger partial charge in [0.15, 0.2) is 0 Å². The lowest BCUT2D eigenvalue weighted by molar-refractivity contribution is 0.0637. The fourth-order valence-corrected chi connectivity index (χ4v) is 2.42. The van der Waals surface area contributed by atoms with E-state index in [1.54, 1.807) is 7.11 Å². The highest BCUT2D eigenvalue weighted by Gasteiger charge is 2.35. The van der Waals surface area contributed by atoms with Crippen LogP contribution in [0.15, 0.2) is 0 Å². The van der Waals surface area contributed by atoms with Crippen molar-refractivity contribution in [1.29, 1.82) is 0 Å². The van der Waals surface area contributed by atoms with Gasteiger partial charge in [-0.25, -0.2) is 0 Å². The molecule has 0 amide bonds. The van der Waals surface area contributed by atoms with E-state index in [0.29, 0.717) is 6.04 Å². The van der Waals surface area contributed by atoms with Crippen LogP contribution in [0.1, 0.15) is 33.1 Å². The van der Waals surface area contributed by atoms with Gasteiger partial charge in [0.25, 0.3) is 0 Å². The van der Waals surface area contributed by atoms with Gasteiger partial charge in [-0.05, 0) is 39.7 Å². The number of ether oxygens (including phenoxy) is 1. The molecule has 0 aliphatic carbocycles. The smallest absolute Gasteiger partial charge is 0.0480 e. The molecule has 1 rings (SSSR count). The summed E-state index contributed by atoms with van der Waals surface area (Å²) in [7, 11) is 1.75. The molecule has 0 aromatic carbocycles. The van der Waals surface area contributed by atoms with Gasteiger partial charge in [-0.15, -0.1) is 0 Å². The number of nitrogens with two attached hydrogens (primary N) is 1. The molecule has 1 fully saturated rings. The molecule has 0 spiro atoms. The molecule has 2 unspecified atom stereocenters. The van der Waals surface area contributed by atoms with E-state index in [1.807, 2.05) is 0 Å². The summed E-state index contributed by atoms with van der Waals surface area (Å²) >= 11 is 0. The zero-order valence-electron chi connectivity index (χ0n) is 9.75. The minimum Gasteiger partial charge on any atom is -0.385 e. The van der Waals surface area contributed by atoms with Crippen LogP contribution in [-0.4, -0.2) is 43.3 Å². The molecule has 1 heterocycles. The molecule has 0 bridgehead atoms. The van der Waals surface area contributed by atoms with E-state index in [1.165, 1.54) is 19.4 Å². The third kappa shape index (κ3) is 2.47. The van der Waals surface area contributed by atoms with Gasteiger partial charge in [0.05, 0.1) is 0 Å². The highest BCUT2D eigenvalue weighted by Crippen LogP contribution is 2.28. The normalized spacial score (nSPS) is 27.9. The minimum atomic E-state index is 0.131. The van der Waals surface area contributed by atoms with Crippen LogP contribution >= 0.6 is 0 Å². The Morgan fingerprint density at radius 3 is 2.71 bits per heavy atom. The highest BCUT2D eigenvalue weighted by atomic mass is 16.5. The maximum absolute atomic E-state index is 5.89. The van der Waals surface area contributed by atoms with E-state index >= 15 is 0 Å². The summed E-state index contributed by atoms with van der Waals surface area (Å²) in [4.78, 5) is 2.55. The van der Waals surface area contributed by atoms with Gasteiger partial charge in [-0.3, -0.25) is 4.90 Å². The van der Waals surface area contributed by atoms with Crippen molar-refractivity contribution in [3.05, 3.63) is 0 Å². The van der Waals surface area contributed by atoms with Crippen molar-refractivity contribution in [2.45, 2.75) is 44.7 Å². The molecule has 0 radical (unpaired) electrons. The predicted molar refractivity (Wildman–Crippen MR) is 59.4 cm³/mol. The highest BCUT2D eigenvalue weighted by molar-refractivity contribution is 4.93. The van der Waals surface area contributed by atoms with Crippen LogP contribution < -0.4 is 5.73 Å². The molecule has 2 N–H and O–H groups in total. The van der Waals surface area contributed by atoms with Gasteiger partial charge in [0, 0.05) is 31.8 Å². The Morgan fingerprint density at radius 2 is 2.29 bits per heavy atom. The van der Waals surface area contributed by atoms with E-state index in [9.17, 15) is 0 Å². The Hall–Kier alpha value is -0.120. The average molecular weight is 200 g/mol. The second kappa shape index (κ2) is 5.10. The molecule has 1 aliphatic heterocycles. The Kier molecular flexibility index (Phi) is 4.35. The lowest BCUT2D eigenvalue weighted by atomic mass is 9.95. The van der Waals surface area contributed by atoms with Crippen molar-refractivity contribution < 1.29 is 4.74 Å². The van der Waals surface area contributed by atoms with Crippen LogP contribution in [0.25, 0.3) is 0 Å². The monoisotopic (exact) mass is 200 g/mol. The summed E-state index contributed by atoms with van der Waals surface area (Å²) in [6.07, 6.45) is 3.65. The maximum Gasteiger partial charge on any atom is 0.0480 e. The number of nitrogens with zero attached hydrogens (tertiary/aromatic N) is 1. The zero-order chi connectivity index (χ0) is 10.6. The molecule has 14 heavy (non-hydrogen) atoms. The third-order valence-corrected chi connectivity index (χ3v) is 3.53. The first-order chi connectivity index (χ1) is 6.64. The van der Waals surface area contributed by atoms with Crippen molar-refractivity contribution in [3.8, 4) is 0 Å². The molecule has 0 aromatic heterocycles. The fraction of sp³-hybridized carbons (Fsp3) is 1.00. The first kappa shape index (κ1) is 12.0. The Balaban J connectivity index is 2.57. The largest absolute Gasteiger partial charge is 0.385 e. The fourth-order valence-electron chi connectivity index (χ4n) is 2.42. The third-order valence-electron chi connectivity index (χ3n) is 3.53. The van der Waals surface area contributed by atoms with Crippen LogP contribution in [0, 0.1) is 0 Å². The van der Waals surface area contributed by atoms with Crippen molar-refractivity contribution in [2.75, 3.05) is 26.8 Å². The minimum absolute atomic E-state index is 0.131. The van der Waals surface area contributed by atoms with Crippen molar-refractivity contribution in [2.24, 2.45) is 5.73 Å². The first-order valence-corrected chi connectivity index (χ1v) is 5.60. The first-order valence-electron chi connectivity index (χ1n) is 5.60. The van der Waals surface area contributed by atoms with Crippen LogP contribution in [0.2, 0.25) is 0 Å². The molecule has 1 aliphatic rings. The van der Waals surface area contributed by atoms with E-state index in [4.69, 9.17) is 10.5 Å². The van der Waals surface area contributed by atoms with Gasteiger partial charge >= 0.3 is 0 Å². The maximum atomic E-state index is 5.89. The van der Waals surface area contributed by atoms with E-state index in [-0.39, 0.29) is 5.54 Å². The number of likely N-dealkylation sites (tertiary alicyclic amines) is 1. The molecular weight excluding hydrogens is 176 g/mol. The second-order valence-corrected chi connectivity index (χ2v) is 4.63. The summed E-state index contributed by atoms with van der Waals surface area (Å²) in [5.74, 6) is 0. The Morgan fingerprint density at radius 1 is 1.57 bits per heavy atom. The van der Waals surface area contributed by atoms with Gasteiger partial charge in [-0.1, -0.05) is 0 Å². The number of rotatable bonds is 5. The average Bonchev–Trinajstić information content (AvgIpc) is 2.61. The van der Waals surface area contributed by atoms with Crippen molar-refractivity contribution in [3.63, 3.8) is 0 Å². The summed E-state index contributed by atoms with van der Waals surface area (Å²) in [5.41, 5.74) is 6.02. The quantitative estimate of drug-likeness (QED) is 0.725. The topological polar surface area (TPSA) is 38.5 Å². The van der Waals surface area contributed by atoms with E-state index < -0.39 is 0 Å². The van der Waals surface area contributed by atoms with Gasteiger partial charge in [-0.2, -0.15) is 0 Å². The van der Waals surface area contributed by atoms with Crippen molar-refractivity contribution >= 4 is 0 Å². The number of hydrogen-bond acceptors (Lipinski definition) is 3. The van der Waals surface area contributed by atoms with Crippen LogP contribution in [-0.2, 0) is 4.74 Å². The molecule has 2 atom stereocenters. The Bertz CT molecular complexity index is 175. The zero-order valence-corrected chi connectivity index (χ0v) is 9.75. The molecule has 1 saturated heterocycles. The van der Waals surface area contributed by atoms with E-state index in [0.717, 1.165) is 19.6 Å². The summed E-state index contributed by atoms with van der Waals surface area (Å²) in [5, 5.41) is 0. The number of methoxy groups -OCH3 is 1. The second-order valence-electron chi connectivity index (χ2n) is 4.63.